The molecule has 1 aliphatic rings. The zero-order valence-corrected chi connectivity index (χ0v) is 32.9. The molecule has 4 aromatic rings. The first-order valence-corrected chi connectivity index (χ1v) is 18.9. The SMILES string of the molecule is Cc1cc(-c2ccc(Cl)cc2)ccc1C(=O)NCC(=O)N(C)C1C(=O)NCC(=O)NC(C(=O)NCC#N)Cc2ccc(OCCN)c(c2)-c2cc1ccc2OCCN. The molecule has 0 radical (unpaired) electrons. The molecule has 2 unspecified atom stereocenters. The van der Waals surface area contributed by atoms with E-state index in [1.807, 2.05) is 24.3 Å². The molecule has 5 amide bonds. The van der Waals surface area contributed by atoms with Crippen LogP contribution in [-0.4, -0.2) is 93.5 Å². The maximum atomic E-state index is 14.1. The van der Waals surface area contributed by atoms with Gasteiger partial charge in [0.25, 0.3) is 5.91 Å². The van der Waals surface area contributed by atoms with Gasteiger partial charge in [-0.2, -0.15) is 5.26 Å². The highest BCUT2D eigenvalue weighted by Gasteiger charge is 2.32. The van der Waals surface area contributed by atoms with E-state index in [9.17, 15) is 24.0 Å². The predicted octanol–water partition coefficient (Wildman–Crippen LogP) is 2.38. The van der Waals surface area contributed by atoms with Gasteiger partial charge >= 0.3 is 0 Å². The first-order chi connectivity index (χ1) is 27.9. The Hall–Kier alpha value is -6.47. The van der Waals surface area contributed by atoms with Crippen molar-refractivity contribution in [2.75, 3.05) is 53.0 Å². The van der Waals surface area contributed by atoms with Crippen LogP contribution in [0.15, 0.2) is 78.9 Å². The largest absolute Gasteiger partial charge is 0.492 e. The molecule has 1 aliphatic heterocycles. The number of nitrogens with two attached hydrogens (primary N) is 2. The zero-order chi connectivity index (χ0) is 41.8. The summed E-state index contributed by atoms with van der Waals surface area (Å²) in [7, 11) is 1.42. The number of aryl methyl sites for hydroxylation is 1. The molecule has 0 fully saturated rings. The fraction of sp³-hybridized carbons (Fsp3) is 0.286. The van der Waals surface area contributed by atoms with Crippen molar-refractivity contribution >= 4 is 41.1 Å². The fourth-order valence-corrected chi connectivity index (χ4v) is 6.57. The molecular formula is C42H45ClN8O7. The quantitative estimate of drug-likeness (QED) is 0.108. The number of ether oxygens (including phenoxy) is 2. The van der Waals surface area contributed by atoms with E-state index in [0.717, 1.165) is 11.1 Å². The number of hydrogen-bond donors (Lipinski definition) is 6. The lowest BCUT2D eigenvalue weighted by molar-refractivity contribution is -0.139. The molecule has 0 aliphatic carbocycles. The molecule has 302 valence electrons. The van der Waals surface area contributed by atoms with Crippen molar-refractivity contribution in [3.05, 3.63) is 106 Å². The number of carbonyl (C=O) groups is 5. The van der Waals surface area contributed by atoms with Crippen LogP contribution in [0.1, 0.15) is 33.1 Å². The monoisotopic (exact) mass is 808 g/mol. The lowest BCUT2D eigenvalue weighted by Crippen LogP contribution is -2.52. The van der Waals surface area contributed by atoms with Crippen molar-refractivity contribution in [1.82, 2.24) is 26.2 Å². The molecule has 5 rings (SSSR count). The Morgan fingerprint density at radius 3 is 2.21 bits per heavy atom. The number of rotatable bonds is 13. The highest BCUT2D eigenvalue weighted by atomic mass is 35.5. The third kappa shape index (κ3) is 10.7. The summed E-state index contributed by atoms with van der Waals surface area (Å²) < 4.78 is 12.1. The summed E-state index contributed by atoms with van der Waals surface area (Å²) in [5, 5.41) is 20.1. The zero-order valence-electron chi connectivity index (χ0n) is 32.1. The van der Waals surface area contributed by atoms with E-state index in [1.54, 1.807) is 67.6 Å². The van der Waals surface area contributed by atoms with Gasteiger partial charge in [0, 0.05) is 48.3 Å². The smallest absolute Gasteiger partial charge is 0.251 e. The molecule has 8 N–H and O–H groups in total. The van der Waals surface area contributed by atoms with Crippen LogP contribution in [0.5, 0.6) is 11.5 Å². The molecule has 58 heavy (non-hydrogen) atoms. The molecule has 1 heterocycles. The first-order valence-electron chi connectivity index (χ1n) is 18.5. The van der Waals surface area contributed by atoms with Gasteiger partial charge in [0.1, 0.15) is 43.3 Å². The Kier molecular flexibility index (Phi) is 14.8. The van der Waals surface area contributed by atoms with E-state index in [4.69, 9.17) is 37.8 Å². The Morgan fingerprint density at radius 1 is 0.897 bits per heavy atom. The van der Waals surface area contributed by atoms with Gasteiger partial charge in [-0.3, -0.25) is 24.0 Å². The molecule has 4 bridgehead atoms. The van der Waals surface area contributed by atoms with Gasteiger partial charge in [-0.1, -0.05) is 48.0 Å². The van der Waals surface area contributed by atoms with Gasteiger partial charge in [0.15, 0.2) is 0 Å². The van der Waals surface area contributed by atoms with Crippen molar-refractivity contribution in [2.24, 2.45) is 11.5 Å². The number of nitrogens with one attached hydrogen (secondary N) is 4. The van der Waals surface area contributed by atoms with Crippen molar-refractivity contribution in [3.8, 4) is 39.8 Å². The number of likely N-dealkylation sites (N-methyl/N-ethyl adjacent to an activating group) is 1. The average molecular weight is 809 g/mol. The lowest BCUT2D eigenvalue weighted by Gasteiger charge is -2.29. The Bertz CT molecular complexity index is 2210. The second-order valence-corrected chi connectivity index (χ2v) is 13.8. The second-order valence-electron chi connectivity index (χ2n) is 13.4. The van der Waals surface area contributed by atoms with Gasteiger partial charge < -0.3 is 47.1 Å². The molecule has 0 saturated heterocycles. The van der Waals surface area contributed by atoms with E-state index in [2.05, 4.69) is 21.3 Å². The average Bonchev–Trinajstić information content (AvgIpc) is 3.22. The summed E-state index contributed by atoms with van der Waals surface area (Å²) in [5.74, 6) is -2.30. The minimum absolute atomic E-state index is 0.0252. The Labute approximate surface area is 341 Å². The van der Waals surface area contributed by atoms with Gasteiger partial charge in [-0.05, 0) is 77.2 Å². The standard InChI is InChI=1S/C42H45ClN8O7/c1-25-19-28(27-4-8-30(43)9-5-27)6-10-31(25)40(54)49-24-38(53)51(2)39-29-7-12-36(58-18-15-46)33(22-29)32-20-26(3-11-35(32)57-17-14-45)21-34(41(55)47-16-13-44)50-37(52)23-48-42(39)56/h3-12,19-20,22,34,39H,14-18,21,23-24,45-46H2,1-2H3,(H,47,55)(H,48,56)(H,49,54)(H,50,52). The number of carbonyl (C=O) groups excluding carboxylic acids is 5. The number of halogens is 1. The van der Waals surface area contributed by atoms with Crippen LogP contribution in [0.25, 0.3) is 22.3 Å². The molecule has 4 aromatic carbocycles. The maximum absolute atomic E-state index is 14.1. The number of nitrogens with zero attached hydrogens (tertiary/aromatic N) is 2. The molecule has 0 aromatic heterocycles. The number of nitriles is 1. The normalized spacial score (nSPS) is 15.1. The Morgan fingerprint density at radius 2 is 1.55 bits per heavy atom. The third-order valence-corrected chi connectivity index (χ3v) is 9.59. The van der Waals surface area contributed by atoms with Crippen LogP contribution in [0.3, 0.4) is 0 Å². The van der Waals surface area contributed by atoms with Gasteiger partial charge in [0.2, 0.25) is 23.6 Å². The molecule has 2 atom stereocenters. The van der Waals surface area contributed by atoms with E-state index in [1.165, 1.54) is 11.9 Å². The van der Waals surface area contributed by atoms with E-state index < -0.39 is 54.7 Å². The van der Waals surface area contributed by atoms with Crippen LogP contribution in [-0.2, 0) is 25.6 Å². The first kappa shape index (κ1) is 42.7. The van der Waals surface area contributed by atoms with Crippen LogP contribution in [0.4, 0.5) is 0 Å². The fourth-order valence-electron chi connectivity index (χ4n) is 6.45. The van der Waals surface area contributed by atoms with Crippen molar-refractivity contribution in [1.29, 1.82) is 5.26 Å². The van der Waals surface area contributed by atoms with Crippen LogP contribution >= 0.6 is 11.6 Å². The van der Waals surface area contributed by atoms with Gasteiger partial charge in [-0.15, -0.1) is 0 Å². The van der Waals surface area contributed by atoms with Crippen molar-refractivity contribution in [3.63, 3.8) is 0 Å². The van der Waals surface area contributed by atoms with Crippen LogP contribution in [0.2, 0.25) is 5.02 Å². The highest BCUT2D eigenvalue weighted by molar-refractivity contribution is 6.30. The highest BCUT2D eigenvalue weighted by Crippen LogP contribution is 2.40. The van der Waals surface area contributed by atoms with E-state index >= 15 is 0 Å². The van der Waals surface area contributed by atoms with Gasteiger partial charge in [0.05, 0.1) is 19.2 Å². The van der Waals surface area contributed by atoms with Crippen molar-refractivity contribution < 1.29 is 33.4 Å². The van der Waals surface area contributed by atoms with Crippen molar-refractivity contribution in [2.45, 2.75) is 25.4 Å². The predicted molar refractivity (Wildman–Crippen MR) is 218 cm³/mol. The summed E-state index contributed by atoms with van der Waals surface area (Å²) in [6.45, 7) is 1.25. The minimum Gasteiger partial charge on any atom is -0.492 e. The number of hydrogen-bond acceptors (Lipinski definition) is 10. The second kappa shape index (κ2) is 20.1. The number of benzene rings is 4. The minimum atomic E-state index is -1.31. The maximum Gasteiger partial charge on any atom is 0.251 e. The molecule has 15 nitrogen and oxygen atoms in total. The van der Waals surface area contributed by atoms with Crippen LogP contribution < -0.4 is 42.2 Å². The Balaban J connectivity index is 1.49. The lowest BCUT2D eigenvalue weighted by atomic mass is 9.93. The van der Waals surface area contributed by atoms with Crippen LogP contribution in [0, 0.1) is 18.3 Å². The number of fused-ring (bicyclic) bond motifs is 5. The van der Waals surface area contributed by atoms with E-state index in [-0.39, 0.29) is 39.3 Å². The molecule has 0 saturated carbocycles. The summed E-state index contributed by atoms with van der Waals surface area (Å²) in [5.41, 5.74) is 16.4. The molecule has 16 heteroatoms. The number of amides is 5. The molecule has 0 spiro atoms. The summed E-state index contributed by atoms with van der Waals surface area (Å²) in [4.78, 5) is 68.8. The third-order valence-electron chi connectivity index (χ3n) is 9.34. The summed E-state index contributed by atoms with van der Waals surface area (Å²) in [6, 6.07) is 22.2. The van der Waals surface area contributed by atoms with Gasteiger partial charge in [-0.25, -0.2) is 0 Å². The molecular weight excluding hydrogens is 764 g/mol. The summed E-state index contributed by atoms with van der Waals surface area (Å²) in [6.07, 6.45) is 0.0252. The van der Waals surface area contributed by atoms with E-state index in [0.29, 0.717) is 49.9 Å². The summed E-state index contributed by atoms with van der Waals surface area (Å²) >= 11 is 6.04. The topological polar surface area (TPSA) is 231 Å².